The molecule has 0 spiro atoms. The van der Waals surface area contributed by atoms with Crippen LogP contribution in [0, 0.1) is 0 Å². The lowest BCUT2D eigenvalue weighted by Gasteiger charge is -1.95. The van der Waals surface area contributed by atoms with Crippen LogP contribution in [0.25, 0.3) is 10.9 Å². The van der Waals surface area contributed by atoms with Crippen LogP contribution in [0.1, 0.15) is 5.56 Å². The van der Waals surface area contributed by atoms with Gasteiger partial charge < -0.3 is 10.3 Å². The summed E-state index contributed by atoms with van der Waals surface area (Å²) in [5.41, 5.74) is 6.87. The fraction of sp³-hybridized carbons (Fsp3) is 0.222. The number of hydrogen-bond acceptors (Lipinski definition) is 3. The first-order valence-corrected chi connectivity index (χ1v) is 4.11. The van der Waals surface area contributed by atoms with Crippen LogP contribution >= 0.6 is 0 Å². The molecule has 0 amide bonds. The van der Waals surface area contributed by atoms with Crippen LogP contribution in [0.3, 0.4) is 0 Å². The average molecular weight is 178 g/mol. The number of aromatic nitrogens is 1. The Labute approximate surface area is 74.3 Å². The minimum atomic E-state index is -0.325. The fourth-order valence-corrected chi connectivity index (χ4v) is 1.33. The predicted octanol–water partition coefficient (Wildman–Crippen LogP) is 0.622. The van der Waals surface area contributed by atoms with Crippen molar-refractivity contribution in [2.75, 3.05) is 6.54 Å². The van der Waals surface area contributed by atoms with Crippen LogP contribution in [-0.2, 0) is 6.42 Å². The van der Waals surface area contributed by atoms with Gasteiger partial charge in [0.15, 0.2) is 0 Å². The molecule has 1 aromatic carbocycles. The highest BCUT2D eigenvalue weighted by Crippen LogP contribution is 2.10. The Morgan fingerprint density at radius 1 is 1.46 bits per heavy atom. The second-order valence-corrected chi connectivity index (χ2v) is 2.91. The van der Waals surface area contributed by atoms with Gasteiger partial charge in [-0.1, -0.05) is 6.07 Å². The third kappa shape index (κ3) is 1.36. The van der Waals surface area contributed by atoms with Gasteiger partial charge in [0.05, 0.1) is 10.9 Å². The second kappa shape index (κ2) is 3.06. The highest BCUT2D eigenvalue weighted by atomic mass is 16.5. The van der Waals surface area contributed by atoms with Crippen molar-refractivity contribution in [2.24, 2.45) is 5.73 Å². The Bertz CT molecular complexity index is 470. The Morgan fingerprint density at radius 3 is 3.08 bits per heavy atom. The van der Waals surface area contributed by atoms with Gasteiger partial charge in [-0.3, -0.25) is 0 Å². The molecule has 2 rings (SSSR count). The quantitative estimate of drug-likeness (QED) is 0.708. The molecule has 68 valence electrons. The zero-order valence-corrected chi connectivity index (χ0v) is 7.04. The van der Waals surface area contributed by atoms with Crippen molar-refractivity contribution in [1.29, 1.82) is 0 Å². The lowest BCUT2D eigenvalue weighted by molar-refractivity contribution is 0.400. The fourth-order valence-electron chi connectivity index (χ4n) is 1.33. The zero-order chi connectivity index (χ0) is 9.26. The van der Waals surface area contributed by atoms with Gasteiger partial charge in [-0.15, -0.1) is 0 Å². The number of aromatic amines is 1. The molecule has 4 heteroatoms. The lowest BCUT2D eigenvalue weighted by Crippen LogP contribution is -2.02. The van der Waals surface area contributed by atoms with Gasteiger partial charge in [-0.05, 0) is 30.7 Å². The summed E-state index contributed by atoms with van der Waals surface area (Å²) in [6.45, 7) is 0.585. The molecule has 2 aromatic rings. The molecule has 0 aliphatic heterocycles. The third-order valence-corrected chi connectivity index (χ3v) is 1.99. The Morgan fingerprint density at radius 2 is 2.31 bits per heavy atom. The van der Waals surface area contributed by atoms with E-state index in [-0.39, 0.29) is 5.63 Å². The predicted molar refractivity (Wildman–Crippen MR) is 49.6 cm³/mol. The van der Waals surface area contributed by atoms with Crippen molar-refractivity contribution >= 4 is 10.9 Å². The molecule has 1 heterocycles. The molecule has 0 aliphatic rings. The van der Waals surface area contributed by atoms with Gasteiger partial charge in [0.1, 0.15) is 0 Å². The molecule has 0 saturated heterocycles. The molecule has 0 atom stereocenters. The molecule has 0 unspecified atom stereocenters. The molecular formula is C9H10N2O2. The standard InChI is InChI=1S/C9H10N2O2/c10-4-3-6-1-2-8-7(5-6)9(12)13-11-8/h1-2,5,11H,3-4,10H2. The minimum absolute atomic E-state index is 0.325. The summed E-state index contributed by atoms with van der Waals surface area (Å²) in [5.74, 6) is 0. The summed E-state index contributed by atoms with van der Waals surface area (Å²) in [6, 6.07) is 5.57. The van der Waals surface area contributed by atoms with Crippen molar-refractivity contribution < 1.29 is 4.52 Å². The number of H-pyrrole nitrogens is 1. The van der Waals surface area contributed by atoms with Crippen molar-refractivity contribution in [3.63, 3.8) is 0 Å². The molecule has 0 aliphatic carbocycles. The smallest absolute Gasteiger partial charge is 0.338 e. The third-order valence-electron chi connectivity index (χ3n) is 1.99. The number of benzene rings is 1. The van der Waals surface area contributed by atoms with E-state index in [0.29, 0.717) is 11.9 Å². The summed E-state index contributed by atoms with van der Waals surface area (Å²) >= 11 is 0. The van der Waals surface area contributed by atoms with E-state index < -0.39 is 0 Å². The number of fused-ring (bicyclic) bond motifs is 1. The maximum absolute atomic E-state index is 11.1. The zero-order valence-electron chi connectivity index (χ0n) is 7.04. The number of nitrogens with two attached hydrogens (primary N) is 1. The molecule has 0 saturated carbocycles. The van der Waals surface area contributed by atoms with Crippen LogP contribution in [0.2, 0.25) is 0 Å². The summed E-state index contributed by atoms with van der Waals surface area (Å²) in [7, 11) is 0. The van der Waals surface area contributed by atoms with Crippen molar-refractivity contribution in [1.82, 2.24) is 5.16 Å². The van der Waals surface area contributed by atoms with E-state index in [1.165, 1.54) is 0 Å². The highest BCUT2D eigenvalue weighted by Gasteiger charge is 2.02. The van der Waals surface area contributed by atoms with Crippen molar-refractivity contribution in [3.8, 4) is 0 Å². The van der Waals surface area contributed by atoms with Crippen LogP contribution < -0.4 is 11.4 Å². The maximum Gasteiger partial charge on any atom is 0.365 e. The highest BCUT2D eigenvalue weighted by molar-refractivity contribution is 5.77. The van der Waals surface area contributed by atoms with Gasteiger partial charge in [0, 0.05) is 0 Å². The Hall–Kier alpha value is -1.55. The first kappa shape index (κ1) is 8.07. The van der Waals surface area contributed by atoms with Crippen LogP contribution in [0.15, 0.2) is 27.5 Å². The molecule has 0 radical (unpaired) electrons. The van der Waals surface area contributed by atoms with Crippen LogP contribution in [-0.4, -0.2) is 11.7 Å². The summed E-state index contributed by atoms with van der Waals surface area (Å²) in [4.78, 5) is 11.1. The Balaban J connectivity index is 2.59. The maximum atomic E-state index is 11.1. The van der Waals surface area contributed by atoms with Crippen LogP contribution in [0.5, 0.6) is 0 Å². The van der Waals surface area contributed by atoms with E-state index in [0.717, 1.165) is 17.5 Å². The average Bonchev–Trinajstić information content (AvgIpc) is 2.49. The van der Waals surface area contributed by atoms with Gasteiger partial charge in [0.25, 0.3) is 0 Å². The first-order chi connectivity index (χ1) is 6.31. The van der Waals surface area contributed by atoms with Crippen molar-refractivity contribution in [2.45, 2.75) is 6.42 Å². The topological polar surface area (TPSA) is 72.0 Å². The van der Waals surface area contributed by atoms with Gasteiger partial charge >= 0.3 is 5.63 Å². The number of rotatable bonds is 2. The molecule has 13 heavy (non-hydrogen) atoms. The van der Waals surface area contributed by atoms with E-state index in [1.807, 2.05) is 18.2 Å². The molecule has 3 N–H and O–H groups in total. The van der Waals surface area contributed by atoms with E-state index in [4.69, 9.17) is 5.73 Å². The number of nitrogens with one attached hydrogen (secondary N) is 1. The van der Waals surface area contributed by atoms with Gasteiger partial charge in [-0.2, -0.15) is 0 Å². The van der Waals surface area contributed by atoms with Crippen LogP contribution in [0.4, 0.5) is 0 Å². The van der Waals surface area contributed by atoms with E-state index >= 15 is 0 Å². The first-order valence-electron chi connectivity index (χ1n) is 4.11. The van der Waals surface area contributed by atoms with Gasteiger partial charge in [-0.25, -0.2) is 9.95 Å². The van der Waals surface area contributed by atoms with E-state index in [1.54, 1.807) is 0 Å². The molecule has 1 aromatic heterocycles. The summed E-state index contributed by atoms with van der Waals surface area (Å²) in [6.07, 6.45) is 0.778. The summed E-state index contributed by atoms with van der Waals surface area (Å²) < 4.78 is 4.64. The largest absolute Gasteiger partial charge is 0.365 e. The van der Waals surface area contributed by atoms with Crippen molar-refractivity contribution in [3.05, 3.63) is 34.2 Å². The van der Waals surface area contributed by atoms with E-state index in [9.17, 15) is 4.79 Å². The molecule has 0 bridgehead atoms. The van der Waals surface area contributed by atoms with E-state index in [2.05, 4.69) is 9.68 Å². The Kier molecular flexibility index (Phi) is 1.90. The normalized spacial score (nSPS) is 10.8. The lowest BCUT2D eigenvalue weighted by atomic mass is 10.1. The molecular weight excluding hydrogens is 168 g/mol. The second-order valence-electron chi connectivity index (χ2n) is 2.91. The molecule has 4 nitrogen and oxygen atoms in total. The number of hydrogen-bond donors (Lipinski definition) is 2. The SMILES string of the molecule is NCCc1ccc2[nH]oc(=O)c2c1. The van der Waals surface area contributed by atoms with Gasteiger partial charge in [0.2, 0.25) is 0 Å². The minimum Gasteiger partial charge on any atom is -0.338 e. The summed E-state index contributed by atoms with van der Waals surface area (Å²) in [5, 5.41) is 3.13. The molecule has 0 fully saturated rings. The monoisotopic (exact) mass is 178 g/mol.